The molecule has 1 fully saturated rings. The zero-order valence-electron chi connectivity index (χ0n) is 16.6. The fraction of sp³-hybridized carbons (Fsp3) is 0.0435. The molecule has 2 aromatic carbocycles. The number of nitrogens with zero attached hydrogens (tertiary/aromatic N) is 1. The van der Waals surface area contributed by atoms with Crippen molar-refractivity contribution in [2.24, 2.45) is 0 Å². The molecule has 2 heterocycles. The van der Waals surface area contributed by atoms with Gasteiger partial charge in [0.05, 0.1) is 5.56 Å². The summed E-state index contributed by atoms with van der Waals surface area (Å²) in [6.45, 7) is -0.408. The lowest BCUT2D eigenvalue weighted by molar-refractivity contribution is -0.127. The van der Waals surface area contributed by atoms with Gasteiger partial charge in [0.25, 0.3) is 5.91 Å². The Morgan fingerprint density at radius 2 is 1.81 bits per heavy atom. The molecule has 4 amide bonds. The molecule has 1 aliphatic heterocycles. The number of hydrogen-bond donors (Lipinski definition) is 3. The highest BCUT2D eigenvalue weighted by Crippen LogP contribution is 2.28. The molecule has 0 unspecified atom stereocenters. The number of para-hydroxylation sites is 1. The van der Waals surface area contributed by atoms with E-state index in [0.717, 1.165) is 16.0 Å². The maximum absolute atomic E-state index is 12.6. The minimum atomic E-state index is -1.01. The molecule has 3 aromatic rings. The number of carbonyl (C=O) groups is 4. The van der Waals surface area contributed by atoms with E-state index in [4.69, 9.17) is 5.11 Å². The lowest BCUT2D eigenvalue weighted by Gasteiger charge is -2.11. The number of carboxylic acids is 1. The van der Waals surface area contributed by atoms with Crippen molar-refractivity contribution >= 4 is 46.9 Å². The van der Waals surface area contributed by atoms with Crippen molar-refractivity contribution < 1.29 is 24.3 Å². The molecule has 1 aromatic heterocycles. The average Bonchev–Trinajstić information content (AvgIpc) is 3.35. The molecule has 0 saturated carbocycles. The standard InChI is InChI=1S/C23H17N3O5S/c27-20(24-17-7-2-1-3-8-17)12-26-21(28)19(25-23(26)31)11-18-10-16(13-32-18)14-5-4-6-15(9-14)22(29)30/h1-11,13H,12H2,(H,24,27)(H,25,31)(H,29,30). The quantitative estimate of drug-likeness (QED) is 0.394. The van der Waals surface area contributed by atoms with Crippen LogP contribution in [0.4, 0.5) is 10.5 Å². The van der Waals surface area contributed by atoms with Gasteiger partial charge in [0.15, 0.2) is 0 Å². The normalized spacial score (nSPS) is 14.5. The summed E-state index contributed by atoms with van der Waals surface area (Å²) in [6, 6.07) is 16.4. The number of benzene rings is 2. The van der Waals surface area contributed by atoms with Crippen LogP contribution in [0, 0.1) is 0 Å². The Morgan fingerprint density at radius 1 is 1.03 bits per heavy atom. The van der Waals surface area contributed by atoms with Crippen molar-refractivity contribution in [1.29, 1.82) is 0 Å². The molecule has 1 aliphatic rings. The molecule has 0 aliphatic carbocycles. The van der Waals surface area contributed by atoms with Crippen molar-refractivity contribution in [3.63, 3.8) is 0 Å². The molecular weight excluding hydrogens is 430 g/mol. The topological polar surface area (TPSA) is 116 Å². The number of carboxylic acid groups (broad SMARTS) is 1. The molecule has 0 atom stereocenters. The van der Waals surface area contributed by atoms with E-state index in [-0.39, 0.29) is 11.3 Å². The summed E-state index contributed by atoms with van der Waals surface area (Å²) in [7, 11) is 0. The molecule has 1 saturated heterocycles. The largest absolute Gasteiger partial charge is 0.478 e. The average molecular weight is 447 g/mol. The van der Waals surface area contributed by atoms with Crippen LogP contribution in [0.2, 0.25) is 0 Å². The van der Waals surface area contributed by atoms with Gasteiger partial charge in [0.1, 0.15) is 12.2 Å². The van der Waals surface area contributed by atoms with Crippen LogP contribution in [-0.2, 0) is 9.59 Å². The second-order valence-corrected chi connectivity index (χ2v) is 7.86. The van der Waals surface area contributed by atoms with Crippen LogP contribution in [0.15, 0.2) is 71.7 Å². The highest BCUT2D eigenvalue weighted by molar-refractivity contribution is 7.11. The molecular formula is C23H17N3O5S. The number of amides is 4. The van der Waals surface area contributed by atoms with Gasteiger partial charge in [0, 0.05) is 10.6 Å². The number of nitrogens with one attached hydrogen (secondary N) is 2. The molecule has 4 rings (SSSR count). The number of thiophene rings is 1. The summed E-state index contributed by atoms with van der Waals surface area (Å²) in [5.41, 5.74) is 2.33. The van der Waals surface area contributed by atoms with Crippen LogP contribution in [0.25, 0.3) is 17.2 Å². The lowest BCUT2D eigenvalue weighted by atomic mass is 10.1. The Bertz CT molecular complexity index is 1250. The van der Waals surface area contributed by atoms with Crippen molar-refractivity contribution in [1.82, 2.24) is 10.2 Å². The van der Waals surface area contributed by atoms with E-state index in [9.17, 15) is 19.2 Å². The van der Waals surface area contributed by atoms with Gasteiger partial charge in [-0.05, 0) is 52.9 Å². The SMILES string of the molecule is O=C(CN1C(=O)NC(=Cc2cc(-c3cccc(C(=O)O)c3)cs2)C1=O)Nc1ccccc1. The van der Waals surface area contributed by atoms with Gasteiger partial charge in [0.2, 0.25) is 5.91 Å². The highest BCUT2D eigenvalue weighted by Gasteiger charge is 2.35. The Kier molecular flexibility index (Phi) is 5.82. The van der Waals surface area contributed by atoms with Crippen LogP contribution in [0.3, 0.4) is 0 Å². The minimum Gasteiger partial charge on any atom is -0.478 e. The molecule has 0 spiro atoms. The van der Waals surface area contributed by atoms with Crippen molar-refractivity contribution in [2.75, 3.05) is 11.9 Å². The van der Waals surface area contributed by atoms with Crippen LogP contribution in [-0.4, -0.2) is 40.4 Å². The number of anilines is 1. The minimum absolute atomic E-state index is 0.0650. The number of urea groups is 1. The van der Waals surface area contributed by atoms with Gasteiger partial charge in [-0.15, -0.1) is 11.3 Å². The number of rotatable bonds is 6. The van der Waals surface area contributed by atoms with E-state index in [0.29, 0.717) is 10.6 Å². The maximum atomic E-state index is 12.6. The Balaban J connectivity index is 1.47. The smallest absolute Gasteiger partial charge is 0.335 e. The first-order valence-corrected chi connectivity index (χ1v) is 10.4. The first-order chi connectivity index (χ1) is 15.4. The van der Waals surface area contributed by atoms with Crippen molar-refractivity contribution in [3.8, 4) is 11.1 Å². The van der Waals surface area contributed by atoms with Gasteiger partial charge >= 0.3 is 12.0 Å². The summed E-state index contributed by atoms with van der Waals surface area (Å²) >= 11 is 1.34. The number of carbonyl (C=O) groups excluding carboxylic acids is 3. The van der Waals surface area contributed by atoms with Gasteiger partial charge in [-0.3, -0.25) is 9.59 Å². The van der Waals surface area contributed by atoms with Crippen molar-refractivity contribution in [3.05, 3.63) is 82.2 Å². The third kappa shape index (κ3) is 4.57. The van der Waals surface area contributed by atoms with Gasteiger partial charge in [-0.25, -0.2) is 14.5 Å². The molecule has 160 valence electrons. The zero-order chi connectivity index (χ0) is 22.7. The molecule has 32 heavy (non-hydrogen) atoms. The van der Waals surface area contributed by atoms with E-state index >= 15 is 0 Å². The summed E-state index contributed by atoms with van der Waals surface area (Å²) in [6.07, 6.45) is 1.53. The predicted octanol–water partition coefficient (Wildman–Crippen LogP) is 3.64. The monoisotopic (exact) mass is 447 g/mol. The van der Waals surface area contributed by atoms with Crippen molar-refractivity contribution in [2.45, 2.75) is 0 Å². The summed E-state index contributed by atoms with van der Waals surface area (Å²) < 4.78 is 0. The van der Waals surface area contributed by atoms with Gasteiger partial charge < -0.3 is 15.7 Å². The first kappa shape index (κ1) is 21.0. The van der Waals surface area contributed by atoms with E-state index in [1.165, 1.54) is 23.5 Å². The van der Waals surface area contributed by atoms with Crippen LogP contribution < -0.4 is 10.6 Å². The Morgan fingerprint density at radius 3 is 2.56 bits per heavy atom. The predicted molar refractivity (Wildman–Crippen MR) is 120 cm³/mol. The summed E-state index contributed by atoms with van der Waals surface area (Å²) in [4.78, 5) is 49.8. The summed E-state index contributed by atoms with van der Waals surface area (Å²) in [5.74, 6) is -2.10. The number of hydrogen-bond acceptors (Lipinski definition) is 5. The second kappa shape index (κ2) is 8.86. The van der Waals surface area contributed by atoms with Crippen LogP contribution in [0.5, 0.6) is 0 Å². The van der Waals surface area contributed by atoms with E-state index in [1.54, 1.807) is 48.5 Å². The fourth-order valence-corrected chi connectivity index (χ4v) is 3.98. The van der Waals surface area contributed by atoms with E-state index in [1.807, 2.05) is 11.4 Å². The highest BCUT2D eigenvalue weighted by atomic mass is 32.1. The Hall–Kier alpha value is -4.24. The third-order valence-corrected chi connectivity index (χ3v) is 5.55. The molecule has 0 radical (unpaired) electrons. The molecule has 0 bridgehead atoms. The second-order valence-electron chi connectivity index (χ2n) is 6.92. The third-order valence-electron chi connectivity index (χ3n) is 4.67. The fourth-order valence-electron chi connectivity index (χ4n) is 3.13. The lowest BCUT2D eigenvalue weighted by Crippen LogP contribution is -2.38. The zero-order valence-corrected chi connectivity index (χ0v) is 17.4. The van der Waals surface area contributed by atoms with Gasteiger partial charge in [-0.1, -0.05) is 30.3 Å². The molecule has 8 nitrogen and oxygen atoms in total. The Labute approximate surface area is 186 Å². The maximum Gasteiger partial charge on any atom is 0.335 e. The van der Waals surface area contributed by atoms with E-state index < -0.39 is 30.4 Å². The van der Waals surface area contributed by atoms with E-state index in [2.05, 4.69) is 10.6 Å². The molecule has 9 heteroatoms. The summed E-state index contributed by atoms with van der Waals surface area (Å²) in [5, 5.41) is 16.1. The van der Waals surface area contributed by atoms with Gasteiger partial charge in [-0.2, -0.15) is 0 Å². The first-order valence-electron chi connectivity index (χ1n) is 9.52. The number of imide groups is 1. The van der Waals surface area contributed by atoms with Crippen LogP contribution in [0.1, 0.15) is 15.2 Å². The number of aromatic carboxylic acids is 1. The van der Waals surface area contributed by atoms with Crippen LogP contribution >= 0.6 is 11.3 Å². The molecule has 3 N–H and O–H groups in total.